The number of ether oxygens (including phenoxy) is 2. The Labute approximate surface area is 231 Å². The van der Waals surface area contributed by atoms with Crippen molar-refractivity contribution < 1.29 is 24.2 Å². The van der Waals surface area contributed by atoms with E-state index in [1.165, 1.54) is 16.2 Å². The average Bonchev–Trinajstić information content (AvgIpc) is 3.46. The van der Waals surface area contributed by atoms with Crippen molar-refractivity contribution in [1.82, 2.24) is 4.98 Å². The number of aromatic nitrogens is 1. The minimum Gasteiger partial charge on any atom is -0.507 e. The summed E-state index contributed by atoms with van der Waals surface area (Å²) in [7, 11) is 0. The number of nitrogens with zero attached hydrogens (tertiary/aromatic N) is 2. The molecule has 0 radical (unpaired) electrons. The van der Waals surface area contributed by atoms with E-state index in [1.54, 1.807) is 0 Å². The van der Waals surface area contributed by atoms with Gasteiger partial charge in [-0.25, -0.2) is 4.98 Å². The van der Waals surface area contributed by atoms with Gasteiger partial charge in [-0.3, -0.25) is 14.5 Å². The summed E-state index contributed by atoms with van der Waals surface area (Å²) in [6, 6.07) is 17.6. The summed E-state index contributed by atoms with van der Waals surface area (Å²) in [5.74, 6) is -0.291. The lowest BCUT2D eigenvalue weighted by Gasteiger charge is -2.23. The Bertz CT molecular complexity index is 1590. The van der Waals surface area contributed by atoms with Gasteiger partial charge in [0.25, 0.3) is 5.78 Å². The summed E-state index contributed by atoms with van der Waals surface area (Å²) >= 11 is 1.30. The van der Waals surface area contributed by atoms with Crippen molar-refractivity contribution in [3.8, 4) is 11.5 Å². The number of hydrogen-bond donors (Lipinski definition) is 1. The molecule has 1 unspecified atom stereocenters. The molecular formula is C31H30N2O5S. The highest BCUT2D eigenvalue weighted by Gasteiger charge is 2.48. The van der Waals surface area contributed by atoms with Gasteiger partial charge in [-0.1, -0.05) is 48.1 Å². The third kappa shape index (κ3) is 5.00. The first kappa shape index (κ1) is 26.4. The number of carbonyl (C=O) groups is 2. The van der Waals surface area contributed by atoms with Crippen LogP contribution >= 0.6 is 11.3 Å². The second-order valence-electron chi connectivity index (χ2n) is 9.46. The second-order valence-corrected chi connectivity index (χ2v) is 10.5. The molecule has 4 aromatic rings. The van der Waals surface area contributed by atoms with Gasteiger partial charge >= 0.3 is 5.91 Å². The first-order valence-corrected chi connectivity index (χ1v) is 13.8. The number of hydrogen-bond acceptors (Lipinski definition) is 7. The molecule has 0 bridgehead atoms. The number of amides is 1. The zero-order chi connectivity index (χ0) is 27.7. The lowest BCUT2D eigenvalue weighted by Crippen LogP contribution is -2.29. The van der Waals surface area contributed by atoms with Gasteiger partial charge in [0.15, 0.2) is 5.13 Å². The number of benzene rings is 3. The molecule has 2 heterocycles. The Morgan fingerprint density at radius 2 is 1.72 bits per heavy atom. The van der Waals surface area contributed by atoms with Crippen LogP contribution in [0.25, 0.3) is 16.0 Å². The standard InChI is InChI=1S/C31H30N2O5S/c1-5-15-38-21-11-9-20(10-12-21)27-26(28(34)23-16-18(3)7-8-19(23)4)29(35)30(36)33(27)31-32-24-14-13-22(37-6-2)17-25(24)39-31/h7-14,16-17,27,34H,5-6,15H2,1-4H3/b28-26+. The number of rotatable bonds is 8. The third-order valence-electron chi connectivity index (χ3n) is 6.63. The van der Waals surface area contributed by atoms with Gasteiger partial charge in [-0.2, -0.15) is 0 Å². The molecule has 3 aromatic carbocycles. The zero-order valence-corrected chi connectivity index (χ0v) is 23.2. The number of anilines is 1. The molecule has 200 valence electrons. The lowest BCUT2D eigenvalue weighted by molar-refractivity contribution is -0.132. The van der Waals surface area contributed by atoms with E-state index in [1.807, 2.05) is 88.4 Å². The molecule has 1 amide bonds. The maximum Gasteiger partial charge on any atom is 0.301 e. The average molecular weight is 543 g/mol. The predicted molar refractivity (Wildman–Crippen MR) is 154 cm³/mol. The molecule has 1 atom stereocenters. The van der Waals surface area contributed by atoms with Gasteiger partial charge < -0.3 is 14.6 Å². The van der Waals surface area contributed by atoms with Crippen molar-refractivity contribution in [2.24, 2.45) is 0 Å². The Kier molecular flexibility index (Phi) is 7.39. The summed E-state index contributed by atoms with van der Waals surface area (Å²) in [6.45, 7) is 8.84. The SMILES string of the molecule is CCCOc1ccc(C2/C(=C(\O)c3cc(C)ccc3C)C(=O)C(=O)N2c2nc3ccc(OCC)cc3s2)cc1. The highest BCUT2D eigenvalue weighted by molar-refractivity contribution is 7.22. The summed E-state index contributed by atoms with van der Waals surface area (Å²) in [5, 5.41) is 11.9. The minimum absolute atomic E-state index is 0.0326. The van der Waals surface area contributed by atoms with E-state index in [2.05, 4.69) is 0 Å². The molecule has 5 rings (SSSR count). The van der Waals surface area contributed by atoms with Crippen molar-refractivity contribution in [3.05, 3.63) is 88.5 Å². The van der Waals surface area contributed by atoms with Crippen LogP contribution < -0.4 is 14.4 Å². The van der Waals surface area contributed by atoms with Crippen molar-refractivity contribution in [3.63, 3.8) is 0 Å². The van der Waals surface area contributed by atoms with Crippen molar-refractivity contribution in [1.29, 1.82) is 0 Å². The molecular weight excluding hydrogens is 512 g/mol. The van der Waals surface area contributed by atoms with Crippen LogP contribution in [0.5, 0.6) is 11.5 Å². The number of aliphatic hydroxyl groups excluding tert-OH is 1. The Morgan fingerprint density at radius 1 is 0.974 bits per heavy atom. The number of fused-ring (bicyclic) bond motifs is 1. The lowest BCUT2D eigenvalue weighted by atomic mass is 9.93. The molecule has 1 N–H and O–H groups in total. The molecule has 0 spiro atoms. The molecule has 39 heavy (non-hydrogen) atoms. The van der Waals surface area contributed by atoms with E-state index in [0.717, 1.165) is 22.2 Å². The topological polar surface area (TPSA) is 89.0 Å². The minimum atomic E-state index is -0.864. The van der Waals surface area contributed by atoms with E-state index in [-0.39, 0.29) is 11.3 Å². The van der Waals surface area contributed by atoms with Gasteiger partial charge in [0, 0.05) is 5.56 Å². The van der Waals surface area contributed by atoms with E-state index < -0.39 is 17.7 Å². The van der Waals surface area contributed by atoms with E-state index in [0.29, 0.717) is 46.5 Å². The fourth-order valence-corrected chi connectivity index (χ4v) is 5.72. The van der Waals surface area contributed by atoms with Gasteiger partial charge in [0.2, 0.25) is 0 Å². The van der Waals surface area contributed by atoms with Crippen LogP contribution in [0, 0.1) is 13.8 Å². The highest BCUT2D eigenvalue weighted by Crippen LogP contribution is 2.45. The summed E-state index contributed by atoms with van der Waals surface area (Å²) in [4.78, 5) is 33.3. The third-order valence-corrected chi connectivity index (χ3v) is 7.64. The monoisotopic (exact) mass is 542 g/mol. The predicted octanol–water partition coefficient (Wildman–Crippen LogP) is 6.73. The highest BCUT2D eigenvalue weighted by atomic mass is 32.1. The summed E-state index contributed by atoms with van der Waals surface area (Å²) in [5.41, 5.74) is 3.64. The van der Waals surface area contributed by atoms with Crippen LogP contribution in [0.4, 0.5) is 5.13 Å². The number of aryl methyl sites for hydroxylation is 2. The van der Waals surface area contributed by atoms with Gasteiger partial charge in [-0.15, -0.1) is 0 Å². The molecule has 1 aliphatic rings. The van der Waals surface area contributed by atoms with Crippen molar-refractivity contribution in [2.75, 3.05) is 18.1 Å². The molecule has 7 nitrogen and oxygen atoms in total. The number of thiazole rings is 1. The first-order valence-electron chi connectivity index (χ1n) is 13.0. The van der Waals surface area contributed by atoms with E-state index in [9.17, 15) is 14.7 Å². The summed E-state index contributed by atoms with van der Waals surface area (Å²) in [6.07, 6.45) is 0.875. The Morgan fingerprint density at radius 3 is 2.44 bits per heavy atom. The molecule has 1 aromatic heterocycles. The van der Waals surface area contributed by atoms with Gasteiger partial charge in [0.1, 0.15) is 17.3 Å². The van der Waals surface area contributed by atoms with Crippen LogP contribution in [0.15, 0.2) is 66.2 Å². The fraction of sp³-hybridized carbons (Fsp3) is 0.258. The van der Waals surface area contributed by atoms with Crippen LogP contribution in [0.1, 0.15) is 48.6 Å². The molecule has 8 heteroatoms. The zero-order valence-electron chi connectivity index (χ0n) is 22.4. The van der Waals surface area contributed by atoms with E-state index >= 15 is 0 Å². The van der Waals surface area contributed by atoms with E-state index in [4.69, 9.17) is 14.5 Å². The Balaban J connectivity index is 1.68. The number of carbonyl (C=O) groups excluding carboxylic acids is 2. The van der Waals surface area contributed by atoms with Gasteiger partial charge in [-0.05, 0) is 74.7 Å². The number of ketones is 1. The smallest absolute Gasteiger partial charge is 0.301 e. The largest absolute Gasteiger partial charge is 0.507 e. The molecule has 0 saturated carbocycles. The molecule has 0 aliphatic carbocycles. The fourth-order valence-electron chi connectivity index (χ4n) is 4.70. The van der Waals surface area contributed by atoms with Gasteiger partial charge in [0.05, 0.1) is 35.0 Å². The number of aliphatic hydroxyl groups is 1. The second kappa shape index (κ2) is 10.9. The molecule has 1 aliphatic heterocycles. The van der Waals surface area contributed by atoms with Crippen LogP contribution in [-0.2, 0) is 9.59 Å². The van der Waals surface area contributed by atoms with Crippen molar-refractivity contribution in [2.45, 2.75) is 40.2 Å². The maximum atomic E-state index is 13.6. The normalized spacial score (nSPS) is 16.7. The van der Waals surface area contributed by atoms with Crippen molar-refractivity contribution >= 4 is 44.1 Å². The van der Waals surface area contributed by atoms with Crippen LogP contribution in [0.3, 0.4) is 0 Å². The van der Waals surface area contributed by atoms with Crippen LogP contribution in [0.2, 0.25) is 0 Å². The molecule has 1 fully saturated rings. The first-order chi connectivity index (χ1) is 18.8. The van der Waals surface area contributed by atoms with Crippen LogP contribution in [-0.4, -0.2) is 35.0 Å². The molecule has 1 saturated heterocycles. The Hall–Kier alpha value is -4.17. The number of Topliss-reactive ketones (excluding diaryl/α,β-unsaturated/α-hetero) is 1. The summed E-state index contributed by atoms with van der Waals surface area (Å²) < 4.78 is 12.2. The quantitative estimate of drug-likeness (QED) is 0.151. The maximum absolute atomic E-state index is 13.6.